The van der Waals surface area contributed by atoms with Crippen molar-refractivity contribution in [2.75, 3.05) is 39.4 Å². The van der Waals surface area contributed by atoms with Gasteiger partial charge >= 0.3 is 0 Å². The standard InChI is InChI=1S/C14H16N2O4S/c17-21(18,16-8-10-6-15-7-11(10)9-16)12-1-2-13-14(5-12)20-4-3-19-13/h1-2,5,15H,3-4,6-9H2. The summed E-state index contributed by atoms with van der Waals surface area (Å²) in [5.74, 6) is 1.11. The normalized spacial score (nSPS) is 21.7. The van der Waals surface area contributed by atoms with Crippen LogP contribution in [0.4, 0.5) is 0 Å². The Hall–Kier alpha value is -1.57. The Bertz CT molecular complexity index is 710. The third-order valence-electron chi connectivity index (χ3n) is 4.06. The fourth-order valence-electron chi connectivity index (χ4n) is 2.93. The van der Waals surface area contributed by atoms with Gasteiger partial charge in [-0.2, -0.15) is 4.31 Å². The van der Waals surface area contributed by atoms with E-state index in [1.807, 2.05) is 0 Å². The zero-order valence-corrected chi connectivity index (χ0v) is 12.3. The van der Waals surface area contributed by atoms with Crippen LogP contribution < -0.4 is 14.8 Å². The molecular formula is C14H16N2O4S. The SMILES string of the molecule is O=S(=O)(c1ccc2c(c1)OCCO2)N1CC2=C(CNC2)C1. The molecule has 1 aromatic rings. The van der Waals surface area contributed by atoms with E-state index in [0.29, 0.717) is 37.8 Å². The molecule has 0 aromatic heterocycles. The number of rotatable bonds is 2. The predicted octanol–water partition coefficient (Wildman–Crippen LogP) is 0.362. The van der Waals surface area contributed by atoms with Gasteiger partial charge in [-0.15, -0.1) is 0 Å². The number of benzene rings is 1. The lowest BCUT2D eigenvalue weighted by Gasteiger charge is -2.21. The quantitative estimate of drug-likeness (QED) is 0.799. The largest absolute Gasteiger partial charge is 0.486 e. The van der Waals surface area contributed by atoms with E-state index in [0.717, 1.165) is 13.1 Å². The van der Waals surface area contributed by atoms with Crippen LogP contribution in [0.2, 0.25) is 0 Å². The Morgan fingerprint density at radius 1 is 1.00 bits per heavy atom. The van der Waals surface area contributed by atoms with E-state index >= 15 is 0 Å². The van der Waals surface area contributed by atoms with Crippen LogP contribution in [0.5, 0.6) is 11.5 Å². The molecule has 4 rings (SSSR count). The van der Waals surface area contributed by atoms with E-state index in [1.54, 1.807) is 18.2 Å². The first kappa shape index (κ1) is 13.1. The second-order valence-electron chi connectivity index (χ2n) is 5.39. The maximum absolute atomic E-state index is 12.7. The van der Waals surface area contributed by atoms with Gasteiger partial charge in [0.2, 0.25) is 10.0 Å². The van der Waals surface area contributed by atoms with Gasteiger partial charge in [0.1, 0.15) is 13.2 Å². The molecule has 0 spiro atoms. The maximum Gasteiger partial charge on any atom is 0.243 e. The second kappa shape index (κ2) is 4.72. The van der Waals surface area contributed by atoms with Crippen molar-refractivity contribution in [3.05, 3.63) is 29.3 Å². The minimum atomic E-state index is -3.49. The summed E-state index contributed by atoms with van der Waals surface area (Å²) in [6, 6.07) is 4.82. The highest BCUT2D eigenvalue weighted by Crippen LogP contribution is 2.34. The van der Waals surface area contributed by atoms with Gasteiger partial charge in [0.25, 0.3) is 0 Å². The second-order valence-corrected chi connectivity index (χ2v) is 7.33. The maximum atomic E-state index is 12.7. The van der Waals surface area contributed by atoms with Gasteiger partial charge in [-0.3, -0.25) is 0 Å². The van der Waals surface area contributed by atoms with E-state index in [4.69, 9.17) is 9.47 Å². The van der Waals surface area contributed by atoms with Crippen LogP contribution >= 0.6 is 0 Å². The number of hydrogen-bond acceptors (Lipinski definition) is 5. The highest BCUT2D eigenvalue weighted by atomic mass is 32.2. The van der Waals surface area contributed by atoms with Crippen molar-refractivity contribution in [3.8, 4) is 11.5 Å². The van der Waals surface area contributed by atoms with E-state index < -0.39 is 10.0 Å². The Labute approximate surface area is 123 Å². The molecule has 3 aliphatic rings. The van der Waals surface area contributed by atoms with E-state index in [-0.39, 0.29) is 4.90 Å². The molecule has 1 aromatic carbocycles. The third-order valence-corrected chi connectivity index (χ3v) is 5.85. The zero-order chi connectivity index (χ0) is 14.4. The lowest BCUT2D eigenvalue weighted by atomic mass is 10.2. The average molecular weight is 308 g/mol. The van der Waals surface area contributed by atoms with Gasteiger partial charge < -0.3 is 14.8 Å². The zero-order valence-electron chi connectivity index (χ0n) is 11.5. The molecule has 0 saturated carbocycles. The summed E-state index contributed by atoms with van der Waals surface area (Å²) in [5.41, 5.74) is 2.41. The molecule has 3 aliphatic heterocycles. The first-order valence-corrected chi connectivity index (χ1v) is 8.39. The Kier molecular flexibility index (Phi) is 2.95. The summed E-state index contributed by atoms with van der Waals surface area (Å²) in [6.45, 7) is 3.50. The monoisotopic (exact) mass is 308 g/mol. The van der Waals surface area contributed by atoms with Crippen molar-refractivity contribution in [1.82, 2.24) is 9.62 Å². The summed E-state index contributed by atoms with van der Waals surface area (Å²) in [5, 5.41) is 3.24. The molecule has 112 valence electrons. The molecule has 0 radical (unpaired) electrons. The van der Waals surface area contributed by atoms with Crippen LogP contribution in [0.25, 0.3) is 0 Å². The Balaban J connectivity index is 1.63. The molecule has 1 N–H and O–H groups in total. The summed E-state index contributed by atoms with van der Waals surface area (Å²) in [4.78, 5) is 0.265. The summed E-state index contributed by atoms with van der Waals surface area (Å²) >= 11 is 0. The van der Waals surface area contributed by atoms with Crippen molar-refractivity contribution in [2.24, 2.45) is 0 Å². The summed E-state index contributed by atoms with van der Waals surface area (Å²) in [6.07, 6.45) is 0. The summed E-state index contributed by atoms with van der Waals surface area (Å²) < 4.78 is 37.9. The van der Waals surface area contributed by atoms with Crippen LogP contribution in [-0.4, -0.2) is 52.1 Å². The van der Waals surface area contributed by atoms with Gasteiger partial charge in [0.15, 0.2) is 11.5 Å². The minimum Gasteiger partial charge on any atom is -0.486 e. The number of ether oxygens (including phenoxy) is 2. The van der Waals surface area contributed by atoms with Gasteiger partial charge in [0, 0.05) is 32.2 Å². The van der Waals surface area contributed by atoms with Crippen LogP contribution in [-0.2, 0) is 10.0 Å². The summed E-state index contributed by atoms with van der Waals surface area (Å²) in [7, 11) is -3.49. The average Bonchev–Trinajstić information content (AvgIpc) is 3.08. The topological polar surface area (TPSA) is 67.9 Å². The smallest absolute Gasteiger partial charge is 0.243 e. The molecule has 21 heavy (non-hydrogen) atoms. The first-order chi connectivity index (χ1) is 10.1. The highest BCUT2D eigenvalue weighted by molar-refractivity contribution is 7.89. The van der Waals surface area contributed by atoms with Crippen molar-refractivity contribution in [2.45, 2.75) is 4.90 Å². The Morgan fingerprint density at radius 3 is 2.38 bits per heavy atom. The molecule has 0 amide bonds. The highest BCUT2D eigenvalue weighted by Gasteiger charge is 2.34. The van der Waals surface area contributed by atoms with Gasteiger partial charge in [-0.05, 0) is 23.3 Å². The number of nitrogens with one attached hydrogen (secondary N) is 1. The molecule has 0 fully saturated rings. The van der Waals surface area contributed by atoms with E-state index in [9.17, 15) is 8.42 Å². The van der Waals surface area contributed by atoms with E-state index in [2.05, 4.69) is 5.32 Å². The lowest BCUT2D eigenvalue weighted by Crippen LogP contribution is -2.32. The van der Waals surface area contributed by atoms with Gasteiger partial charge in [-0.25, -0.2) is 8.42 Å². The van der Waals surface area contributed by atoms with Crippen LogP contribution in [0, 0.1) is 0 Å². The molecule has 0 bridgehead atoms. The number of nitrogens with zero attached hydrogens (tertiary/aromatic N) is 1. The molecule has 3 heterocycles. The molecule has 0 atom stereocenters. The van der Waals surface area contributed by atoms with Crippen molar-refractivity contribution < 1.29 is 17.9 Å². The Morgan fingerprint density at radius 2 is 1.67 bits per heavy atom. The lowest BCUT2D eigenvalue weighted by molar-refractivity contribution is 0.171. The molecule has 0 aliphatic carbocycles. The van der Waals surface area contributed by atoms with Crippen LogP contribution in [0.15, 0.2) is 34.2 Å². The fraction of sp³-hybridized carbons (Fsp3) is 0.429. The minimum absolute atomic E-state index is 0.265. The number of sulfonamides is 1. The number of hydrogen-bond donors (Lipinski definition) is 1. The van der Waals surface area contributed by atoms with Crippen molar-refractivity contribution in [3.63, 3.8) is 0 Å². The molecule has 0 unspecified atom stereocenters. The van der Waals surface area contributed by atoms with Crippen molar-refractivity contribution >= 4 is 10.0 Å². The fourth-order valence-corrected chi connectivity index (χ4v) is 4.38. The molecular weight excluding hydrogens is 292 g/mol. The molecule has 0 saturated heterocycles. The third kappa shape index (κ3) is 2.12. The van der Waals surface area contributed by atoms with E-state index in [1.165, 1.54) is 15.5 Å². The first-order valence-electron chi connectivity index (χ1n) is 6.95. The van der Waals surface area contributed by atoms with Gasteiger partial charge in [0.05, 0.1) is 4.90 Å². The van der Waals surface area contributed by atoms with Crippen molar-refractivity contribution in [1.29, 1.82) is 0 Å². The molecule has 6 nitrogen and oxygen atoms in total. The van der Waals surface area contributed by atoms with Crippen LogP contribution in [0.1, 0.15) is 0 Å². The van der Waals surface area contributed by atoms with Crippen LogP contribution in [0.3, 0.4) is 0 Å². The predicted molar refractivity (Wildman–Crippen MR) is 76.1 cm³/mol. The number of fused-ring (bicyclic) bond motifs is 1. The van der Waals surface area contributed by atoms with Gasteiger partial charge in [-0.1, -0.05) is 0 Å². The molecule has 7 heteroatoms.